The Morgan fingerprint density at radius 3 is 2.41 bits per heavy atom. The minimum Gasteiger partial charge on any atom is -0.494 e. The topological polar surface area (TPSA) is 97.8 Å². The number of aryl methyl sites for hydroxylation is 5. The van der Waals surface area contributed by atoms with Crippen LogP contribution in [0.15, 0.2) is 54.6 Å². The van der Waals surface area contributed by atoms with E-state index >= 15 is 4.79 Å². The number of ether oxygens (including phenoxy) is 1. The van der Waals surface area contributed by atoms with E-state index in [4.69, 9.17) is 33.0 Å². The summed E-state index contributed by atoms with van der Waals surface area (Å²) < 4.78 is 12.2. The molecule has 2 aliphatic rings. The molecule has 0 spiro atoms. The maximum atomic E-state index is 15.4. The number of rotatable bonds is 10. The Kier molecular flexibility index (Phi) is 9.96. The summed E-state index contributed by atoms with van der Waals surface area (Å²) in [7, 11) is 4.04. The Balaban J connectivity index is 1.27. The lowest BCUT2D eigenvalue weighted by molar-refractivity contribution is 0.0684. The molecular weight excluding hydrogens is 747 g/mol. The lowest BCUT2D eigenvalue weighted by Crippen LogP contribution is -2.48. The molecule has 8 rings (SSSR count). The first-order chi connectivity index (χ1) is 26.8. The standard InChI is InChI=1S/C44H48Cl2N6O4/c1-24-19-31(20-25(2)38(24)45)56-18-10-14-33-32-12-9-13-34(37-26(3)47-49(7)27(37)4)40(32)51-28(5)42(46)52(43(53)41(33)51)35-15-8-11-30-21-36(44(54)55)50(39(30)35)23-29-16-17-48(6)22-29/h8-9,11-13,15,19-21,28-29,42H,10,14,16-18,22-23H2,1-7H3,(H,54,55)/t28?,29?,42-/m0/s1. The second-order valence-corrected chi connectivity index (χ2v) is 16.6. The second kappa shape index (κ2) is 14.6. The zero-order valence-corrected chi connectivity index (χ0v) is 34.5. The summed E-state index contributed by atoms with van der Waals surface area (Å²) >= 11 is 13.9. The van der Waals surface area contributed by atoms with Gasteiger partial charge in [-0.2, -0.15) is 5.10 Å². The van der Waals surface area contributed by atoms with Crippen molar-refractivity contribution in [2.75, 3.05) is 31.6 Å². The van der Waals surface area contributed by atoms with Gasteiger partial charge in [0.1, 0.15) is 22.6 Å². The largest absolute Gasteiger partial charge is 0.494 e. The molecule has 6 aromatic rings. The van der Waals surface area contributed by atoms with Crippen LogP contribution in [0.4, 0.5) is 5.69 Å². The van der Waals surface area contributed by atoms with Gasteiger partial charge in [0, 0.05) is 52.8 Å². The number of carbonyl (C=O) groups is 2. The number of aromatic nitrogens is 4. The number of hydrogen-bond donors (Lipinski definition) is 1. The van der Waals surface area contributed by atoms with Gasteiger partial charge in [0.05, 0.1) is 35.1 Å². The van der Waals surface area contributed by atoms with Crippen LogP contribution in [0.2, 0.25) is 5.02 Å². The summed E-state index contributed by atoms with van der Waals surface area (Å²) in [5.74, 6) is -0.178. The number of benzene rings is 3. The van der Waals surface area contributed by atoms with Crippen molar-refractivity contribution in [1.29, 1.82) is 0 Å². The van der Waals surface area contributed by atoms with Crippen LogP contribution in [0.25, 0.3) is 32.9 Å². The van der Waals surface area contributed by atoms with Gasteiger partial charge in [-0.3, -0.25) is 14.4 Å². The van der Waals surface area contributed by atoms with Gasteiger partial charge < -0.3 is 23.9 Å². The molecule has 0 radical (unpaired) electrons. The first kappa shape index (κ1) is 38.1. The highest BCUT2D eigenvalue weighted by atomic mass is 35.5. The predicted octanol–water partition coefficient (Wildman–Crippen LogP) is 9.33. The number of likely N-dealkylation sites (tertiary alicyclic amines) is 1. The highest BCUT2D eigenvalue weighted by Gasteiger charge is 2.42. The molecule has 3 aromatic carbocycles. The first-order valence-corrected chi connectivity index (χ1v) is 20.2. The number of aromatic carboxylic acids is 1. The lowest BCUT2D eigenvalue weighted by Gasteiger charge is -2.39. The average Bonchev–Trinajstić information content (AvgIpc) is 3.90. The van der Waals surface area contributed by atoms with Crippen LogP contribution in [-0.4, -0.2) is 73.0 Å². The van der Waals surface area contributed by atoms with Crippen LogP contribution in [0.5, 0.6) is 5.75 Å². The van der Waals surface area contributed by atoms with E-state index in [9.17, 15) is 9.90 Å². The summed E-state index contributed by atoms with van der Waals surface area (Å²) in [6, 6.07) is 17.3. The van der Waals surface area contributed by atoms with Crippen LogP contribution in [0.1, 0.15) is 74.9 Å². The SMILES string of the molecule is Cc1cc(OCCCc2c3n(c4c(-c5c(C)nn(C)c5C)cccc24)C(C)[C@@H](Cl)N(c2cccc4cc(C(=O)O)n(CC5CCN(C)C5)c24)C3=O)cc(C)c1Cl. The summed E-state index contributed by atoms with van der Waals surface area (Å²) in [6.07, 6.45) is 2.21. The van der Waals surface area contributed by atoms with Crippen molar-refractivity contribution >= 4 is 62.6 Å². The number of alkyl halides is 1. The highest BCUT2D eigenvalue weighted by molar-refractivity contribution is 6.32. The number of amides is 1. The fourth-order valence-electron chi connectivity index (χ4n) is 9.22. The molecule has 0 aliphatic carbocycles. The normalized spacial score (nSPS) is 18.8. The van der Waals surface area contributed by atoms with E-state index in [0.717, 1.165) is 85.8 Å². The molecule has 1 fully saturated rings. The van der Waals surface area contributed by atoms with Gasteiger partial charge in [-0.15, -0.1) is 0 Å². The van der Waals surface area contributed by atoms with Crippen molar-refractivity contribution in [2.45, 2.75) is 72.0 Å². The van der Waals surface area contributed by atoms with E-state index in [2.05, 4.69) is 48.6 Å². The minimum absolute atomic E-state index is 0.207. The summed E-state index contributed by atoms with van der Waals surface area (Å²) in [5.41, 5.74) is 9.12. The van der Waals surface area contributed by atoms with E-state index in [1.54, 1.807) is 11.0 Å². The lowest BCUT2D eigenvalue weighted by atomic mass is 9.98. The van der Waals surface area contributed by atoms with Crippen molar-refractivity contribution < 1.29 is 19.4 Å². The molecule has 12 heteroatoms. The quantitative estimate of drug-likeness (QED) is 0.0844. The molecule has 3 aromatic heterocycles. The number of para-hydroxylation sites is 2. The number of carbonyl (C=O) groups excluding carboxylic acids is 1. The van der Waals surface area contributed by atoms with E-state index in [1.165, 1.54) is 0 Å². The van der Waals surface area contributed by atoms with Gasteiger partial charge in [0.25, 0.3) is 5.91 Å². The Labute approximate surface area is 337 Å². The van der Waals surface area contributed by atoms with Crippen molar-refractivity contribution in [2.24, 2.45) is 13.0 Å². The third kappa shape index (κ3) is 6.26. The van der Waals surface area contributed by atoms with Gasteiger partial charge >= 0.3 is 5.97 Å². The van der Waals surface area contributed by atoms with Crippen molar-refractivity contribution in [1.82, 2.24) is 23.8 Å². The summed E-state index contributed by atoms with van der Waals surface area (Å²) in [4.78, 5) is 32.1. The Morgan fingerprint density at radius 1 is 1.02 bits per heavy atom. The molecular formula is C44H48Cl2N6O4. The number of carboxylic acid groups (broad SMARTS) is 1. The third-order valence-corrected chi connectivity index (χ3v) is 13.1. The molecule has 292 valence electrons. The fraction of sp³-hybridized carbons (Fsp3) is 0.386. The van der Waals surface area contributed by atoms with Gasteiger partial charge in [-0.05, 0) is 114 Å². The molecule has 56 heavy (non-hydrogen) atoms. The van der Waals surface area contributed by atoms with Crippen molar-refractivity contribution in [3.8, 4) is 16.9 Å². The number of anilines is 1. The van der Waals surface area contributed by atoms with Crippen molar-refractivity contribution in [3.63, 3.8) is 0 Å². The van der Waals surface area contributed by atoms with Gasteiger partial charge in [-0.1, -0.05) is 53.5 Å². The van der Waals surface area contributed by atoms with E-state index < -0.39 is 11.5 Å². The maximum Gasteiger partial charge on any atom is 0.352 e. The second-order valence-electron chi connectivity index (χ2n) is 15.8. The number of fused-ring (bicyclic) bond motifs is 4. The molecule has 0 saturated carbocycles. The van der Waals surface area contributed by atoms with Gasteiger partial charge in [-0.25, -0.2) is 4.79 Å². The monoisotopic (exact) mass is 794 g/mol. The van der Waals surface area contributed by atoms with E-state index in [1.807, 2.05) is 67.4 Å². The van der Waals surface area contributed by atoms with Crippen LogP contribution < -0.4 is 9.64 Å². The fourth-order valence-corrected chi connectivity index (χ4v) is 9.64. The van der Waals surface area contributed by atoms with Crippen molar-refractivity contribution in [3.05, 3.63) is 99.1 Å². The number of carboxylic acids is 1. The zero-order valence-electron chi connectivity index (χ0n) is 33.0. The first-order valence-electron chi connectivity index (χ1n) is 19.3. The molecule has 0 bridgehead atoms. The Bertz CT molecular complexity index is 2530. The molecule has 1 saturated heterocycles. The van der Waals surface area contributed by atoms with Gasteiger partial charge in [0.15, 0.2) is 0 Å². The molecule has 3 atom stereocenters. The number of halogens is 2. The molecule has 2 aliphatic heterocycles. The summed E-state index contributed by atoms with van der Waals surface area (Å²) in [6.45, 7) is 12.9. The van der Waals surface area contributed by atoms with Crippen LogP contribution in [0.3, 0.4) is 0 Å². The smallest absolute Gasteiger partial charge is 0.352 e. The molecule has 1 amide bonds. The predicted molar refractivity (Wildman–Crippen MR) is 224 cm³/mol. The highest BCUT2D eigenvalue weighted by Crippen LogP contribution is 2.46. The van der Waals surface area contributed by atoms with E-state index in [-0.39, 0.29) is 23.6 Å². The minimum atomic E-state index is -0.999. The van der Waals surface area contributed by atoms with E-state index in [0.29, 0.717) is 42.9 Å². The molecule has 1 N–H and O–H groups in total. The maximum absolute atomic E-state index is 15.4. The zero-order chi connectivity index (χ0) is 39.7. The average molecular weight is 796 g/mol. The third-order valence-electron chi connectivity index (χ3n) is 11.9. The van der Waals surface area contributed by atoms with Gasteiger partial charge in [0.2, 0.25) is 0 Å². The molecule has 5 heterocycles. The molecule has 2 unspecified atom stereocenters. The number of nitrogens with zero attached hydrogens (tertiary/aromatic N) is 6. The Morgan fingerprint density at radius 2 is 1.75 bits per heavy atom. The van der Waals surface area contributed by atoms with Crippen LogP contribution in [0, 0.1) is 33.6 Å². The number of hydrogen-bond acceptors (Lipinski definition) is 5. The Hall–Kier alpha value is -4.77. The van der Waals surface area contributed by atoms with Crippen LogP contribution >= 0.6 is 23.2 Å². The summed E-state index contributed by atoms with van der Waals surface area (Å²) in [5, 5.41) is 17.6. The molecule has 10 nitrogen and oxygen atoms in total. The van der Waals surface area contributed by atoms with Crippen LogP contribution in [-0.2, 0) is 20.0 Å².